The van der Waals surface area contributed by atoms with Crippen LogP contribution in [0.2, 0.25) is 0 Å². The Morgan fingerprint density at radius 3 is 2.71 bits per heavy atom. The molecule has 1 aliphatic rings. The summed E-state index contributed by atoms with van der Waals surface area (Å²) in [6.07, 6.45) is 12.3. The number of hydrogen-bond acceptors (Lipinski definition) is 3. The SMILES string of the molecule is C=CCC/C=C/C#CC#CCCCCCC[C@@H]1C(=O)O[C@H](C)[C@H]1O. The lowest BCUT2D eigenvalue weighted by Crippen LogP contribution is -2.24. The number of allylic oxidation sites excluding steroid dienone is 3. The summed E-state index contributed by atoms with van der Waals surface area (Å²) in [5.41, 5.74) is 0. The van der Waals surface area contributed by atoms with Gasteiger partial charge in [0.25, 0.3) is 0 Å². The summed E-state index contributed by atoms with van der Waals surface area (Å²) in [6, 6.07) is 0. The van der Waals surface area contributed by atoms with Crippen LogP contribution < -0.4 is 0 Å². The first-order valence-electron chi connectivity index (χ1n) is 8.79. The van der Waals surface area contributed by atoms with E-state index in [1.165, 1.54) is 0 Å². The first kappa shape index (κ1) is 20.1. The molecule has 0 unspecified atom stereocenters. The van der Waals surface area contributed by atoms with Crippen LogP contribution >= 0.6 is 0 Å². The second kappa shape index (κ2) is 12.5. The Bertz CT molecular complexity index is 539. The number of ether oxygens (including phenoxy) is 1. The van der Waals surface area contributed by atoms with E-state index < -0.39 is 6.10 Å². The topological polar surface area (TPSA) is 46.5 Å². The highest BCUT2D eigenvalue weighted by Crippen LogP contribution is 2.26. The van der Waals surface area contributed by atoms with Crippen molar-refractivity contribution in [1.29, 1.82) is 0 Å². The predicted octanol–water partition coefficient (Wildman–Crippen LogP) is 3.78. The van der Waals surface area contributed by atoms with Crippen molar-refractivity contribution in [2.24, 2.45) is 5.92 Å². The number of aliphatic hydroxyl groups is 1. The van der Waals surface area contributed by atoms with Crippen LogP contribution in [0.4, 0.5) is 0 Å². The molecule has 0 bridgehead atoms. The van der Waals surface area contributed by atoms with Gasteiger partial charge in [-0.15, -0.1) is 6.58 Å². The summed E-state index contributed by atoms with van der Waals surface area (Å²) in [4.78, 5) is 11.5. The molecule has 3 nitrogen and oxygen atoms in total. The molecule has 1 rings (SSSR count). The van der Waals surface area contributed by atoms with Gasteiger partial charge in [0.2, 0.25) is 0 Å². The summed E-state index contributed by atoms with van der Waals surface area (Å²) in [5, 5.41) is 9.85. The smallest absolute Gasteiger partial charge is 0.312 e. The van der Waals surface area contributed by atoms with Gasteiger partial charge in [-0.3, -0.25) is 4.79 Å². The van der Waals surface area contributed by atoms with Crippen molar-refractivity contribution in [2.75, 3.05) is 0 Å². The Morgan fingerprint density at radius 2 is 2.00 bits per heavy atom. The summed E-state index contributed by atoms with van der Waals surface area (Å²) < 4.78 is 5.03. The average molecular weight is 328 g/mol. The van der Waals surface area contributed by atoms with E-state index in [2.05, 4.69) is 30.3 Å². The number of carbonyl (C=O) groups is 1. The third kappa shape index (κ3) is 8.04. The molecule has 0 saturated carbocycles. The van der Waals surface area contributed by atoms with Crippen LogP contribution in [-0.2, 0) is 9.53 Å². The molecule has 1 saturated heterocycles. The summed E-state index contributed by atoms with van der Waals surface area (Å²) in [5.74, 6) is 11.0. The molecule has 0 aromatic carbocycles. The molecule has 1 fully saturated rings. The molecule has 0 aliphatic carbocycles. The predicted molar refractivity (Wildman–Crippen MR) is 96.9 cm³/mol. The molecule has 3 atom stereocenters. The highest BCUT2D eigenvalue weighted by atomic mass is 16.6. The van der Waals surface area contributed by atoms with Crippen molar-refractivity contribution in [1.82, 2.24) is 0 Å². The van der Waals surface area contributed by atoms with Crippen molar-refractivity contribution >= 4 is 5.97 Å². The fraction of sp³-hybridized carbons (Fsp3) is 0.571. The van der Waals surface area contributed by atoms with E-state index in [4.69, 9.17) is 4.74 Å². The Morgan fingerprint density at radius 1 is 1.21 bits per heavy atom. The zero-order chi connectivity index (χ0) is 17.6. The van der Waals surface area contributed by atoms with Gasteiger partial charge in [0, 0.05) is 6.42 Å². The van der Waals surface area contributed by atoms with Gasteiger partial charge in [-0.2, -0.15) is 0 Å². The number of cyclic esters (lactones) is 1. The van der Waals surface area contributed by atoms with Gasteiger partial charge in [-0.25, -0.2) is 0 Å². The van der Waals surface area contributed by atoms with Crippen molar-refractivity contribution in [2.45, 2.75) is 70.5 Å². The lowest BCUT2D eigenvalue weighted by atomic mass is 9.95. The molecule has 130 valence electrons. The van der Waals surface area contributed by atoms with E-state index in [-0.39, 0.29) is 18.0 Å². The molecule has 1 heterocycles. The zero-order valence-electron chi connectivity index (χ0n) is 14.6. The fourth-order valence-electron chi connectivity index (χ4n) is 2.57. The summed E-state index contributed by atoms with van der Waals surface area (Å²) >= 11 is 0. The highest BCUT2D eigenvalue weighted by molar-refractivity contribution is 5.75. The van der Waals surface area contributed by atoms with Gasteiger partial charge in [0.05, 0.1) is 5.92 Å². The maximum atomic E-state index is 11.5. The average Bonchev–Trinajstić information content (AvgIpc) is 2.81. The minimum Gasteiger partial charge on any atom is -0.460 e. The Kier molecular flexibility index (Phi) is 10.4. The number of hydrogen-bond donors (Lipinski definition) is 1. The van der Waals surface area contributed by atoms with Crippen LogP contribution in [0, 0.1) is 29.6 Å². The Labute approximate surface area is 146 Å². The van der Waals surface area contributed by atoms with Gasteiger partial charge in [-0.1, -0.05) is 43.3 Å². The first-order chi connectivity index (χ1) is 11.7. The van der Waals surface area contributed by atoms with Crippen LogP contribution in [0.1, 0.15) is 58.3 Å². The minimum absolute atomic E-state index is 0.252. The summed E-state index contributed by atoms with van der Waals surface area (Å²) in [6.45, 7) is 5.40. The molecule has 1 aliphatic heterocycles. The van der Waals surface area contributed by atoms with E-state index >= 15 is 0 Å². The van der Waals surface area contributed by atoms with Crippen molar-refractivity contribution in [3.63, 3.8) is 0 Å². The van der Waals surface area contributed by atoms with Crippen LogP contribution in [0.15, 0.2) is 24.8 Å². The van der Waals surface area contributed by atoms with Crippen LogP contribution in [0.3, 0.4) is 0 Å². The number of aliphatic hydroxyl groups excluding tert-OH is 1. The van der Waals surface area contributed by atoms with Gasteiger partial charge in [-0.05, 0) is 50.5 Å². The minimum atomic E-state index is -0.646. The Hall–Kier alpha value is -1.97. The molecular weight excluding hydrogens is 300 g/mol. The second-order valence-corrected chi connectivity index (χ2v) is 6.03. The largest absolute Gasteiger partial charge is 0.460 e. The van der Waals surface area contributed by atoms with Crippen molar-refractivity contribution in [3.8, 4) is 23.7 Å². The van der Waals surface area contributed by atoms with Crippen molar-refractivity contribution in [3.05, 3.63) is 24.8 Å². The van der Waals surface area contributed by atoms with E-state index in [0.717, 1.165) is 44.9 Å². The molecular formula is C21H28O3. The molecule has 0 aromatic rings. The number of esters is 1. The fourth-order valence-corrected chi connectivity index (χ4v) is 2.57. The number of carbonyl (C=O) groups excluding carboxylic acids is 1. The van der Waals surface area contributed by atoms with Crippen LogP contribution in [-0.4, -0.2) is 23.3 Å². The third-order valence-corrected chi connectivity index (χ3v) is 4.03. The second-order valence-electron chi connectivity index (χ2n) is 6.03. The van der Waals surface area contributed by atoms with E-state index in [9.17, 15) is 9.90 Å². The van der Waals surface area contributed by atoms with Crippen LogP contribution in [0.5, 0.6) is 0 Å². The lowest BCUT2D eigenvalue weighted by molar-refractivity contribution is -0.143. The highest BCUT2D eigenvalue weighted by Gasteiger charge is 2.40. The number of unbranched alkanes of at least 4 members (excludes halogenated alkanes) is 5. The first-order valence-corrected chi connectivity index (χ1v) is 8.79. The standard InChI is InChI=1S/C21H28O3/c1-3-4-5-6-7-8-9-10-11-12-13-14-15-16-17-19-20(22)18(2)24-21(19)23/h3,6-7,18-20,22H,1,4-5,12-17H2,2H3/b7-6+/t18-,19+,20-/m1/s1. The van der Waals surface area contributed by atoms with Gasteiger partial charge < -0.3 is 9.84 Å². The van der Waals surface area contributed by atoms with Crippen molar-refractivity contribution < 1.29 is 14.6 Å². The summed E-state index contributed by atoms with van der Waals surface area (Å²) in [7, 11) is 0. The monoisotopic (exact) mass is 328 g/mol. The van der Waals surface area contributed by atoms with E-state index in [1.807, 2.05) is 18.2 Å². The van der Waals surface area contributed by atoms with Gasteiger partial charge >= 0.3 is 5.97 Å². The molecule has 1 N–H and O–H groups in total. The van der Waals surface area contributed by atoms with Crippen LogP contribution in [0.25, 0.3) is 0 Å². The maximum absolute atomic E-state index is 11.5. The molecule has 24 heavy (non-hydrogen) atoms. The van der Waals surface area contributed by atoms with E-state index in [0.29, 0.717) is 6.42 Å². The normalized spacial score (nSPS) is 22.4. The molecule has 0 spiro atoms. The zero-order valence-corrected chi connectivity index (χ0v) is 14.6. The van der Waals surface area contributed by atoms with Gasteiger partial charge in [0.1, 0.15) is 12.2 Å². The third-order valence-electron chi connectivity index (χ3n) is 4.03. The molecule has 3 heteroatoms. The lowest BCUT2D eigenvalue weighted by Gasteiger charge is -2.11. The molecule has 0 amide bonds. The molecule has 0 radical (unpaired) electrons. The van der Waals surface area contributed by atoms with E-state index in [1.54, 1.807) is 6.92 Å². The Balaban J connectivity index is 2.02. The van der Waals surface area contributed by atoms with Gasteiger partial charge in [0.15, 0.2) is 0 Å². The maximum Gasteiger partial charge on any atom is 0.312 e. The molecule has 0 aromatic heterocycles. The quantitative estimate of drug-likeness (QED) is 0.303. The number of rotatable bonds is 9.